The van der Waals surface area contributed by atoms with Crippen molar-refractivity contribution >= 4 is 17.2 Å². The second kappa shape index (κ2) is 10.0. The first kappa shape index (κ1) is 22.0. The van der Waals surface area contributed by atoms with Gasteiger partial charge in [0.25, 0.3) is 0 Å². The third kappa shape index (κ3) is 4.85. The molecule has 2 aliphatic heterocycles. The molecule has 180 valence electrons. The van der Waals surface area contributed by atoms with E-state index in [2.05, 4.69) is 51.5 Å². The van der Waals surface area contributed by atoms with Crippen LogP contribution in [0.4, 0.5) is 5.95 Å². The van der Waals surface area contributed by atoms with Gasteiger partial charge in [-0.3, -0.25) is 4.90 Å². The quantitative estimate of drug-likeness (QED) is 0.415. The summed E-state index contributed by atoms with van der Waals surface area (Å²) in [6.07, 6.45) is 9.57. The Kier molecular flexibility index (Phi) is 6.30. The molecule has 4 aromatic rings. The van der Waals surface area contributed by atoms with Crippen LogP contribution in [0.1, 0.15) is 30.4 Å². The highest BCUT2D eigenvalue weighted by Gasteiger charge is 2.19. The second-order valence-corrected chi connectivity index (χ2v) is 9.31. The first-order valence-corrected chi connectivity index (χ1v) is 12.5. The molecule has 0 atom stereocenters. The minimum absolute atomic E-state index is 0.580. The molecule has 0 spiro atoms. The van der Waals surface area contributed by atoms with Gasteiger partial charge in [0.15, 0.2) is 11.4 Å². The lowest BCUT2D eigenvalue weighted by atomic mass is 9.99. The predicted octanol–water partition coefficient (Wildman–Crippen LogP) is 4.18. The van der Waals surface area contributed by atoms with Gasteiger partial charge in [0.2, 0.25) is 11.8 Å². The van der Waals surface area contributed by atoms with E-state index < -0.39 is 0 Å². The van der Waals surface area contributed by atoms with Gasteiger partial charge < -0.3 is 14.6 Å². The number of fused-ring (bicyclic) bond motifs is 1. The Hall–Kier alpha value is -3.49. The molecule has 1 aromatic carbocycles. The molecular formula is C27H31N7O. The monoisotopic (exact) mass is 469 g/mol. The highest BCUT2D eigenvalue weighted by atomic mass is 16.3. The van der Waals surface area contributed by atoms with Gasteiger partial charge in [-0.1, -0.05) is 36.4 Å². The highest BCUT2D eigenvalue weighted by molar-refractivity contribution is 5.66. The third-order valence-corrected chi connectivity index (χ3v) is 6.92. The van der Waals surface area contributed by atoms with E-state index in [4.69, 9.17) is 19.5 Å². The number of nitrogens with one attached hydrogen (secondary N) is 1. The zero-order valence-corrected chi connectivity index (χ0v) is 19.9. The average molecular weight is 470 g/mol. The van der Waals surface area contributed by atoms with Crippen molar-refractivity contribution in [2.45, 2.75) is 25.8 Å². The lowest BCUT2D eigenvalue weighted by molar-refractivity contribution is 0.294. The van der Waals surface area contributed by atoms with Crippen molar-refractivity contribution in [2.24, 2.45) is 0 Å². The van der Waals surface area contributed by atoms with Crippen LogP contribution in [-0.2, 0) is 6.54 Å². The van der Waals surface area contributed by atoms with E-state index in [1.807, 2.05) is 22.8 Å². The Morgan fingerprint density at radius 1 is 0.971 bits per heavy atom. The first-order chi connectivity index (χ1) is 17.3. The van der Waals surface area contributed by atoms with Gasteiger partial charge >= 0.3 is 0 Å². The molecule has 1 saturated heterocycles. The third-order valence-electron chi connectivity index (χ3n) is 6.92. The number of anilines is 1. The summed E-state index contributed by atoms with van der Waals surface area (Å²) in [7, 11) is 0. The number of furan rings is 1. The topological polar surface area (TPSA) is 74.7 Å². The smallest absolute Gasteiger partial charge is 0.225 e. The molecule has 35 heavy (non-hydrogen) atoms. The Morgan fingerprint density at radius 3 is 2.63 bits per heavy atom. The van der Waals surface area contributed by atoms with Crippen molar-refractivity contribution < 1.29 is 4.42 Å². The molecule has 0 aliphatic carbocycles. The van der Waals surface area contributed by atoms with E-state index in [1.165, 1.54) is 37.1 Å². The molecule has 1 N–H and O–H groups in total. The summed E-state index contributed by atoms with van der Waals surface area (Å²) < 4.78 is 7.42. The maximum Gasteiger partial charge on any atom is 0.225 e. The van der Waals surface area contributed by atoms with Crippen LogP contribution in [0.15, 0.2) is 65.4 Å². The molecule has 0 radical (unpaired) electrons. The summed E-state index contributed by atoms with van der Waals surface area (Å²) >= 11 is 0. The number of likely N-dealkylation sites (tertiary alicyclic amines) is 1. The van der Waals surface area contributed by atoms with Crippen LogP contribution in [-0.4, -0.2) is 68.7 Å². The molecular weight excluding hydrogens is 438 g/mol. The Balaban J connectivity index is 1.22. The maximum atomic E-state index is 5.58. The molecule has 0 amide bonds. The normalized spacial score (nSPS) is 17.2. The molecule has 1 fully saturated rings. The van der Waals surface area contributed by atoms with E-state index in [1.54, 1.807) is 6.26 Å². The van der Waals surface area contributed by atoms with Gasteiger partial charge in [0, 0.05) is 44.5 Å². The molecule has 6 rings (SSSR count). The maximum absolute atomic E-state index is 5.58. The van der Waals surface area contributed by atoms with Crippen molar-refractivity contribution in [1.29, 1.82) is 0 Å². The molecule has 5 heterocycles. The van der Waals surface area contributed by atoms with E-state index in [9.17, 15) is 0 Å². The molecule has 3 aromatic heterocycles. The van der Waals surface area contributed by atoms with Crippen LogP contribution in [0.3, 0.4) is 0 Å². The number of hydrogen-bond acceptors (Lipinski definition) is 7. The van der Waals surface area contributed by atoms with Crippen molar-refractivity contribution in [3.8, 4) is 11.6 Å². The fraction of sp³-hybridized carbons (Fsp3) is 0.370. The number of nitrogens with zero attached hydrogens (tertiary/aromatic N) is 6. The zero-order valence-electron chi connectivity index (χ0n) is 19.9. The van der Waals surface area contributed by atoms with Crippen LogP contribution in [0.2, 0.25) is 0 Å². The molecule has 0 unspecified atom stereocenters. The fourth-order valence-electron chi connectivity index (χ4n) is 5.00. The highest BCUT2D eigenvalue weighted by Crippen LogP contribution is 2.25. The first-order valence-electron chi connectivity index (χ1n) is 12.5. The van der Waals surface area contributed by atoms with Crippen molar-refractivity contribution in [1.82, 2.24) is 29.4 Å². The molecule has 0 bridgehead atoms. The van der Waals surface area contributed by atoms with Gasteiger partial charge in [-0.15, -0.1) is 5.10 Å². The average Bonchev–Trinajstić information content (AvgIpc) is 3.68. The summed E-state index contributed by atoms with van der Waals surface area (Å²) in [6.45, 7) is 6.90. The van der Waals surface area contributed by atoms with Crippen molar-refractivity contribution in [2.75, 3.05) is 44.6 Å². The standard InChI is InChI=1S/C27H31N7O/c1-2-7-21(8-3-1)22-10-15-33(16-11-22)20-23-19-29-27(28-12-17-32-13-4-5-14-32)34-26(23)30-25(31-34)24-9-6-18-35-24/h1-3,6-10,18-19H,4-5,11-17,20H2,(H,28,29). The lowest BCUT2D eigenvalue weighted by Gasteiger charge is -2.26. The SMILES string of the molecule is C1=C(c2ccccc2)CCN(Cc2cnc(NCCN3CCCC3)n3nc(-c4ccco4)nc23)C1. The molecule has 8 heteroatoms. The van der Waals surface area contributed by atoms with Gasteiger partial charge in [-0.2, -0.15) is 4.52 Å². The summed E-state index contributed by atoms with van der Waals surface area (Å²) in [4.78, 5) is 14.5. The molecule has 2 aliphatic rings. The van der Waals surface area contributed by atoms with Gasteiger partial charge in [0.05, 0.1) is 6.26 Å². The van der Waals surface area contributed by atoms with E-state index >= 15 is 0 Å². The van der Waals surface area contributed by atoms with E-state index in [-0.39, 0.29) is 0 Å². The summed E-state index contributed by atoms with van der Waals surface area (Å²) in [5.74, 6) is 1.96. The number of benzene rings is 1. The van der Waals surface area contributed by atoms with Gasteiger partial charge in [0.1, 0.15) is 0 Å². The summed E-state index contributed by atoms with van der Waals surface area (Å²) in [5.41, 5.74) is 4.64. The summed E-state index contributed by atoms with van der Waals surface area (Å²) in [5, 5.41) is 8.24. The van der Waals surface area contributed by atoms with Crippen LogP contribution in [0.5, 0.6) is 0 Å². The number of rotatable bonds is 8. The van der Waals surface area contributed by atoms with Crippen molar-refractivity contribution in [3.05, 3.63) is 72.1 Å². The van der Waals surface area contributed by atoms with Crippen LogP contribution >= 0.6 is 0 Å². The number of hydrogen-bond donors (Lipinski definition) is 1. The van der Waals surface area contributed by atoms with Crippen LogP contribution in [0, 0.1) is 0 Å². The van der Waals surface area contributed by atoms with Gasteiger partial charge in [-0.25, -0.2) is 9.97 Å². The zero-order chi connectivity index (χ0) is 23.5. The Bertz CT molecular complexity index is 1290. The van der Waals surface area contributed by atoms with Gasteiger partial charge in [-0.05, 0) is 55.6 Å². The minimum atomic E-state index is 0.580. The Morgan fingerprint density at radius 2 is 1.86 bits per heavy atom. The largest absolute Gasteiger partial charge is 0.461 e. The van der Waals surface area contributed by atoms with Crippen LogP contribution in [0.25, 0.3) is 22.8 Å². The number of aromatic nitrogens is 4. The Labute approximate surface area is 205 Å². The van der Waals surface area contributed by atoms with E-state index in [0.29, 0.717) is 11.6 Å². The minimum Gasteiger partial charge on any atom is -0.461 e. The fourth-order valence-corrected chi connectivity index (χ4v) is 5.00. The second-order valence-electron chi connectivity index (χ2n) is 9.31. The van der Waals surface area contributed by atoms with E-state index in [0.717, 1.165) is 56.3 Å². The predicted molar refractivity (Wildman–Crippen MR) is 137 cm³/mol. The van der Waals surface area contributed by atoms with Crippen LogP contribution < -0.4 is 5.32 Å². The summed E-state index contributed by atoms with van der Waals surface area (Å²) in [6, 6.07) is 14.4. The molecule has 0 saturated carbocycles. The molecule has 8 nitrogen and oxygen atoms in total. The van der Waals surface area contributed by atoms with Crippen molar-refractivity contribution in [3.63, 3.8) is 0 Å². The lowest BCUT2D eigenvalue weighted by Crippen LogP contribution is -2.29.